The first-order valence-corrected chi connectivity index (χ1v) is 9.66. The first-order chi connectivity index (χ1) is 10.0. The molecule has 4 aromatic heterocycles. The van der Waals surface area contributed by atoms with Crippen molar-refractivity contribution in [3.05, 3.63) is 91.6 Å². The minimum absolute atomic E-state index is 0. The minimum atomic E-state index is 0. The fraction of sp³-hybridized carbons (Fsp3) is 0. The molecule has 4 rings (SSSR count). The van der Waals surface area contributed by atoms with Gasteiger partial charge < -0.3 is 0 Å². The maximum absolute atomic E-state index is 2.04. The fourth-order valence-electron chi connectivity index (χ4n) is 0.907. The molecule has 4 radical (unpaired) electrons. The van der Waals surface area contributed by atoms with E-state index in [1.54, 1.807) is 45.3 Å². The van der Waals surface area contributed by atoms with Crippen molar-refractivity contribution < 1.29 is 0 Å². The number of rotatable bonds is 0. The van der Waals surface area contributed by atoms with E-state index >= 15 is 0 Å². The molecule has 0 atom stereocenters. The molecule has 0 N–H and O–H groups in total. The molecule has 21 heavy (non-hydrogen) atoms. The average Bonchev–Trinajstić information content (AvgIpc) is 3.40. The van der Waals surface area contributed by atoms with Gasteiger partial charge in [0.05, 0.1) is 0 Å². The summed E-state index contributed by atoms with van der Waals surface area (Å²) in [7, 11) is 0. The molecule has 0 spiro atoms. The van der Waals surface area contributed by atoms with Gasteiger partial charge in [-0.1, -0.05) is 48.5 Å². The summed E-state index contributed by atoms with van der Waals surface area (Å²) in [4.78, 5) is 0. The predicted octanol–water partition coefficient (Wildman–Crippen LogP) is 6.61. The third kappa shape index (κ3) is 15.8. The van der Waals surface area contributed by atoms with Gasteiger partial charge in [-0.2, -0.15) is 45.3 Å². The summed E-state index contributed by atoms with van der Waals surface area (Å²) in [5, 5.41) is 16.3. The van der Waals surface area contributed by atoms with Crippen LogP contribution in [-0.4, -0.2) is 23.9 Å². The third-order valence-corrected chi connectivity index (χ3v) is 4.22. The largest absolute Gasteiger partial charge is 0.152 e. The zero-order valence-electron chi connectivity index (χ0n) is 11.4. The summed E-state index contributed by atoms with van der Waals surface area (Å²) in [6.07, 6.45) is 0. The molecule has 108 valence electrons. The SMILES string of the molecule is [Sn].c1ccsc1.c1ccsc1.c1ccsc1.c1ccsc1. The molecule has 5 heteroatoms. The van der Waals surface area contributed by atoms with Crippen LogP contribution in [0.3, 0.4) is 0 Å². The van der Waals surface area contributed by atoms with Gasteiger partial charge in [0.1, 0.15) is 0 Å². The Morgan fingerprint density at radius 3 is 0.476 bits per heavy atom. The van der Waals surface area contributed by atoms with Crippen molar-refractivity contribution in [2.24, 2.45) is 0 Å². The maximum Gasteiger partial charge on any atom is 0 e. The Morgan fingerprint density at radius 1 is 0.286 bits per heavy atom. The van der Waals surface area contributed by atoms with Gasteiger partial charge in [0.2, 0.25) is 0 Å². The van der Waals surface area contributed by atoms with E-state index in [-0.39, 0.29) is 23.9 Å². The monoisotopic (exact) mass is 456 g/mol. The van der Waals surface area contributed by atoms with Crippen LogP contribution in [0, 0.1) is 0 Å². The van der Waals surface area contributed by atoms with Gasteiger partial charge in [-0.05, 0) is 43.0 Å². The minimum Gasteiger partial charge on any atom is -0.152 e. The maximum atomic E-state index is 2.04. The van der Waals surface area contributed by atoms with Crippen LogP contribution in [-0.2, 0) is 0 Å². The van der Waals surface area contributed by atoms with Gasteiger partial charge in [0, 0.05) is 23.9 Å². The van der Waals surface area contributed by atoms with Crippen molar-refractivity contribution in [3.8, 4) is 0 Å². The third-order valence-electron chi connectivity index (χ3n) is 1.70. The Morgan fingerprint density at radius 2 is 0.429 bits per heavy atom. The molecule has 0 fully saturated rings. The quantitative estimate of drug-likeness (QED) is 0.262. The summed E-state index contributed by atoms with van der Waals surface area (Å²) < 4.78 is 0. The Labute approximate surface area is 159 Å². The average molecular weight is 455 g/mol. The standard InChI is InChI=1S/4C4H4S.Sn/c4*1-2-4-5-3-1;/h4*1-4H;. The van der Waals surface area contributed by atoms with Crippen LogP contribution in [0.25, 0.3) is 0 Å². The smallest absolute Gasteiger partial charge is 0 e. The molecule has 0 unspecified atom stereocenters. The molecule has 0 amide bonds. The number of hydrogen-bond acceptors (Lipinski definition) is 4. The van der Waals surface area contributed by atoms with E-state index in [0.29, 0.717) is 0 Å². The van der Waals surface area contributed by atoms with Crippen LogP contribution in [0.2, 0.25) is 0 Å². The van der Waals surface area contributed by atoms with Crippen LogP contribution in [0.5, 0.6) is 0 Å². The van der Waals surface area contributed by atoms with E-state index in [1.807, 2.05) is 91.6 Å². The van der Waals surface area contributed by atoms with Crippen molar-refractivity contribution in [3.63, 3.8) is 0 Å². The number of hydrogen-bond donors (Lipinski definition) is 0. The molecular weight excluding hydrogens is 439 g/mol. The molecule has 0 nitrogen and oxygen atoms in total. The first kappa shape index (κ1) is 20.6. The van der Waals surface area contributed by atoms with Crippen LogP contribution in [0.1, 0.15) is 0 Å². The summed E-state index contributed by atoms with van der Waals surface area (Å²) in [5.41, 5.74) is 0. The molecule has 0 aliphatic carbocycles. The van der Waals surface area contributed by atoms with Crippen LogP contribution >= 0.6 is 45.3 Å². The molecule has 0 aliphatic heterocycles. The molecule has 0 aromatic carbocycles. The number of thiophene rings is 4. The normalized spacial score (nSPS) is 7.62. The summed E-state index contributed by atoms with van der Waals surface area (Å²) in [5.74, 6) is 0. The molecule has 0 aliphatic rings. The van der Waals surface area contributed by atoms with Crippen LogP contribution in [0.4, 0.5) is 0 Å². The second-order valence-corrected chi connectivity index (χ2v) is 6.44. The van der Waals surface area contributed by atoms with Crippen molar-refractivity contribution in [2.45, 2.75) is 0 Å². The molecule has 4 aromatic rings. The second kappa shape index (κ2) is 17.6. The summed E-state index contributed by atoms with van der Waals surface area (Å²) in [6.45, 7) is 0. The van der Waals surface area contributed by atoms with Gasteiger partial charge in [-0.25, -0.2) is 0 Å². The van der Waals surface area contributed by atoms with E-state index in [1.165, 1.54) is 0 Å². The van der Waals surface area contributed by atoms with E-state index in [2.05, 4.69) is 0 Å². The molecule has 0 bridgehead atoms. The van der Waals surface area contributed by atoms with E-state index in [9.17, 15) is 0 Å². The Balaban J connectivity index is 0.000000250. The van der Waals surface area contributed by atoms with E-state index in [0.717, 1.165) is 0 Å². The van der Waals surface area contributed by atoms with Gasteiger partial charge in [-0.3, -0.25) is 0 Å². The zero-order valence-corrected chi connectivity index (χ0v) is 17.5. The van der Waals surface area contributed by atoms with Crippen LogP contribution < -0.4 is 0 Å². The fourth-order valence-corrected chi connectivity index (χ4v) is 2.72. The van der Waals surface area contributed by atoms with Gasteiger partial charge >= 0.3 is 0 Å². The zero-order chi connectivity index (χ0) is 14.1. The van der Waals surface area contributed by atoms with E-state index < -0.39 is 0 Å². The van der Waals surface area contributed by atoms with Crippen LogP contribution in [0.15, 0.2) is 91.6 Å². The van der Waals surface area contributed by atoms with Gasteiger partial charge in [0.15, 0.2) is 0 Å². The Kier molecular flexibility index (Phi) is 17.3. The topological polar surface area (TPSA) is 0 Å². The molecular formula is C16H16S4Sn. The van der Waals surface area contributed by atoms with Crippen molar-refractivity contribution >= 4 is 69.3 Å². The van der Waals surface area contributed by atoms with Gasteiger partial charge in [0.25, 0.3) is 0 Å². The van der Waals surface area contributed by atoms with E-state index in [4.69, 9.17) is 0 Å². The predicted molar refractivity (Wildman–Crippen MR) is 103 cm³/mol. The molecule has 0 saturated carbocycles. The van der Waals surface area contributed by atoms with Crippen molar-refractivity contribution in [1.82, 2.24) is 0 Å². The van der Waals surface area contributed by atoms with Crippen molar-refractivity contribution in [1.29, 1.82) is 0 Å². The summed E-state index contributed by atoms with van der Waals surface area (Å²) in [6, 6.07) is 16.1. The molecule has 4 heterocycles. The van der Waals surface area contributed by atoms with Crippen molar-refractivity contribution in [2.75, 3.05) is 0 Å². The second-order valence-electron chi connectivity index (χ2n) is 3.17. The van der Waals surface area contributed by atoms with Gasteiger partial charge in [-0.15, -0.1) is 0 Å². The molecule has 0 saturated heterocycles. The Bertz CT molecular complexity index is 351. The summed E-state index contributed by atoms with van der Waals surface area (Å²) >= 11 is 6.85. The Hall–Kier alpha value is -0.401. The first-order valence-electron chi connectivity index (χ1n) is 5.89.